The normalized spacial score (nSPS) is 19.7. The first-order chi connectivity index (χ1) is 7.74. The quantitative estimate of drug-likeness (QED) is 0.831. The van der Waals surface area contributed by atoms with E-state index in [4.69, 9.17) is 4.74 Å². The summed E-state index contributed by atoms with van der Waals surface area (Å²) in [6, 6.07) is -0.00155. The number of aryl methyl sites for hydroxylation is 1. The number of hydrogen-bond acceptors (Lipinski definition) is 4. The van der Waals surface area contributed by atoms with E-state index in [0.29, 0.717) is 13.2 Å². The zero-order chi connectivity index (χ0) is 11.4. The second-order valence-electron chi connectivity index (χ2n) is 3.75. The number of carbonyl (C=O) groups excluding carboxylic acids is 1. The van der Waals surface area contributed by atoms with Gasteiger partial charge in [-0.3, -0.25) is 0 Å². The summed E-state index contributed by atoms with van der Waals surface area (Å²) in [5, 5.41) is 8.60. The lowest BCUT2D eigenvalue weighted by Gasteiger charge is -2.10. The van der Waals surface area contributed by atoms with Crippen molar-refractivity contribution in [3.63, 3.8) is 0 Å². The summed E-state index contributed by atoms with van der Waals surface area (Å²) in [6.45, 7) is 3.77. The number of rotatable bonds is 3. The molecule has 1 saturated heterocycles. The van der Waals surface area contributed by atoms with Crippen molar-refractivity contribution in [1.29, 1.82) is 0 Å². The third-order valence-corrected chi connectivity index (χ3v) is 3.18. The van der Waals surface area contributed by atoms with E-state index >= 15 is 0 Å². The number of aromatic nitrogens is 1. The minimum absolute atomic E-state index is 0.150. The van der Waals surface area contributed by atoms with Gasteiger partial charge in [0, 0.05) is 12.0 Å². The van der Waals surface area contributed by atoms with Gasteiger partial charge in [-0.1, -0.05) is 0 Å². The van der Waals surface area contributed by atoms with Crippen LogP contribution in [-0.2, 0) is 11.3 Å². The summed E-state index contributed by atoms with van der Waals surface area (Å²) >= 11 is 1.59. The van der Waals surface area contributed by atoms with E-state index in [-0.39, 0.29) is 12.1 Å². The fourth-order valence-electron chi connectivity index (χ4n) is 1.55. The van der Waals surface area contributed by atoms with Crippen molar-refractivity contribution in [3.05, 3.63) is 16.1 Å². The molecule has 0 aliphatic carbocycles. The SMILES string of the molecule is Cc1nc(CNC(=O)NC2CCOC2)cs1. The third-order valence-electron chi connectivity index (χ3n) is 2.36. The van der Waals surface area contributed by atoms with Gasteiger partial charge in [-0.15, -0.1) is 11.3 Å². The molecule has 16 heavy (non-hydrogen) atoms. The molecule has 1 atom stereocenters. The molecule has 2 heterocycles. The van der Waals surface area contributed by atoms with E-state index in [1.54, 1.807) is 11.3 Å². The van der Waals surface area contributed by atoms with Gasteiger partial charge in [0.25, 0.3) is 0 Å². The van der Waals surface area contributed by atoms with Gasteiger partial charge in [-0.05, 0) is 13.3 Å². The van der Waals surface area contributed by atoms with Crippen molar-refractivity contribution >= 4 is 17.4 Å². The Morgan fingerprint density at radius 1 is 1.75 bits per heavy atom. The van der Waals surface area contributed by atoms with Crippen LogP contribution in [0.5, 0.6) is 0 Å². The van der Waals surface area contributed by atoms with Crippen LogP contribution in [-0.4, -0.2) is 30.3 Å². The van der Waals surface area contributed by atoms with Gasteiger partial charge in [0.2, 0.25) is 0 Å². The number of hydrogen-bond donors (Lipinski definition) is 2. The third kappa shape index (κ3) is 3.18. The van der Waals surface area contributed by atoms with Crippen LogP contribution in [0.3, 0.4) is 0 Å². The smallest absolute Gasteiger partial charge is 0.315 e. The molecule has 5 nitrogen and oxygen atoms in total. The number of nitrogens with one attached hydrogen (secondary N) is 2. The first-order valence-corrected chi connectivity index (χ1v) is 6.15. The summed E-state index contributed by atoms with van der Waals surface area (Å²) in [7, 11) is 0. The standard InChI is InChI=1S/C10H15N3O2S/c1-7-12-9(6-16-7)4-11-10(14)13-8-2-3-15-5-8/h6,8H,2-5H2,1H3,(H2,11,13,14). The van der Waals surface area contributed by atoms with Crippen LogP contribution >= 0.6 is 11.3 Å². The van der Waals surface area contributed by atoms with Gasteiger partial charge in [0.15, 0.2) is 0 Å². The van der Waals surface area contributed by atoms with Crippen LogP contribution < -0.4 is 10.6 Å². The Bertz CT molecular complexity index is 361. The average molecular weight is 241 g/mol. The molecule has 0 saturated carbocycles. The first kappa shape index (κ1) is 11.3. The topological polar surface area (TPSA) is 63.2 Å². The Morgan fingerprint density at radius 2 is 2.62 bits per heavy atom. The minimum Gasteiger partial charge on any atom is -0.379 e. The van der Waals surface area contributed by atoms with E-state index in [0.717, 1.165) is 23.7 Å². The zero-order valence-electron chi connectivity index (χ0n) is 9.16. The highest BCUT2D eigenvalue weighted by Crippen LogP contribution is 2.07. The maximum absolute atomic E-state index is 11.5. The summed E-state index contributed by atoms with van der Waals surface area (Å²) in [4.78, 5) is 15.7. The van der Waals surface area contributed by atoms with Crippen LogP contribution in [0.2, 0.25) is 0 Å². The molecule has 0 bridgehead atoms. The molecule has 0 radical (unpaired) electrons. The van der Waals surface area contributed by atoms with Gasteiger partial charge in [0.1, 0.15) is 0 Å². The molecule has 2 rings (SSSR count). The zero-order valence-corrected chi connectivity index (χ0v) is 9.97. The second kappa shape index (κ2) is 5.27. The predicted molar refractivity (Wildman–Crippen MR) is 61.4 cm³/mol. The monoisotopic (exact) mass is 241 g/mol. The summed E-state index contributed by atoms with van der Waals surface area (Å²) in [6.07, 6.45) is 0.892. The summed E-state index contributed by atoms with van der Waals surface area (Å²) in [5.74, 6) is 0. The number of nitrogens with zero attached hydrogens (tertiary/aromatic N) is 1. The number of ether oxygens (including phenoxy) is 1. The molecule has 1 aromatic heterocycles. The molecule has 88 valence electrons. The van der Waals surface area contributed by atoms with Crippen LogP contribution in [0.15, 0.2) is 5.38 Å². The fraction of sp³-hybridized carbons (Fsp3) is 0.600. The van der Waals surface area contributed by atoms with Crippen LogP contribution in [0, 0.1) is 6.92 Å². The first-order valence-electron chi connectivity index (χ1n) is 5.27. The van der Waals surface area contributed by atoms with Crippen LogP contribution in [0.4, 0.5) is 4.79 Å². The fourth-order valence-corrected chi connectivity index (χ4v) is 2.16. The highest BCUT2D eigenvalue weighted by molar-refractivity contribution is 7.09. The second-order valence-corrected chi connectivity index (χ2v) is 4.81. The van der Waals surface area contributed by atoms with Gasteiger partial charge in [-0.2, -0.15) is 0 Å². The summed E-state index contributed by atoms with van der Waals surface area (Å²) < 4.78 is 5.17. The molecule has 1 unspecified atom stereocenters. The lowest BCUT2D eigenvalue weighted by molar-refractivity contribution is 0.188. The highest BCUT2D eigenvalue weighted by atomic mass is 32.1. The molecule has 1 aliphatic heterocycles. The van der Waals surface area contributed by atoms with Crippen molar-refractivity contribution < 1.29 is 9.53 Å². The van der Waals surface area contributed by atoms with Crippen molar-refractivity contribution in [2.24, 2.45) is 0 Å². The van der Waals surface area contributed by atoms with Gasteiger partial charge >= 0.3 is 6.03 Å². The van der Waals surface area contributed by atoms with E-state index in [2.05, 4.69) is 15.6 Å². The lowest BCUT2D eigenvalue weighted by Crippen LogP contribution is -2.42. The van der Waals surface area contributed by atoms with Crippen molar-refractivity contribution in [2.45, 2.75) is 25.9 Å². The Morgan fingerprint density at radius 3 is 3.25 bits per heavy atom. The Balaban J connectivity index is 1.71. The van der Waals surface area contributed by atoms with E-state index in [1.807, 2.05) is 12.3 Å². The van der Waals surface area contributed by atoms with Crippen LogP contribution in [0.25, 0.3) is 0 Å². The van der Waals surface area contributed by atoms with Gasteiger partial charge in [-0.25, -0.2) is 9.78 Å². The molecule has 2 N–H and O–H groups in total. The minimum atomic E-state index is -0.152. The van der Waals surface area contributed by atoms with Gasteiger partial charge in [0.05, 0.1) is 29.9 Å². The number of carbonyl (C=O) groups is 1. The average Bonchev–Trinajstić information content (AvgIpc) is 2.87. The molecule has 6 heteroatoms. The number of urea groups is 1. The molecular formula is C10H15N3O2S. The van der Waals surface area contributed by atoms with E-state index in [1.165, 1.54) is 0 Å². The lowest BCUT2D eigenvalue weighted by atomic mass is 10.3. The Hall–Kier alpha value is -1.14. The maximum Gasteiger partial charge on any atom is 0.315 e. The number of amides is 2. The van der Waals surface area contributed by atoms with Crippen molar-refractivity contribution in [1.82, 2.24) is 15.6 Å². The van der Waals surface area contributed by atoms with Gasteiger partial charge < -0.3 is 15.4 Å². The molecule has 1 aromatic rings. The number of thiazole rings is 1. The molecule has 1 aliphatic rings. The largest absolute Gasteiger partial charge is 0.379 e. The summed E-state index contributed by atoms with van der Waals surface area (Å²) in [5.41, 5.74) is 0.903. The Labute approximate surface area is 98.2 Å². The highest BCUT2D eigenvalue weighted by Gasteiger charge is 2.17. The molecule has 0 spiro atoms. The molecule has 1 fully saturated rings. The van der Waals surface area contributed by atoms with Crippen LogP contribution in [0.1, 0.15) is 17.1 Å². The molecular weight excluding hydrogens is 226 g/mol. The van der Waals surface area contributed by atoms with E-state index < -0.39 is 0 Å². The van der Waals surface area contributed by atoms with Crippen molar-refractivity contribution in [2.75, 3.05) is 13.2 Å². The predicted octanol–water partition coefficient (Wildman–Crippen LogP) is 1.04. The van der Waals surface area contributed by atoms with E-state index in [9.17, 15) is 4.79 Å². The van der Waals surface area contributed by atoms with Crippen molar-refractivity contribution in [3.8, 4) is 0 Å². The Kier molecular flexibility index (Phi) is 3.74. The molecule has 2 amide bonds. The molecule has 0 aromatic carbocycles. The maximum atomic E-state index is 11.5.